The molecule has 0 aliphatic rings. The maximum absolute atomic E-state index is 12.2. The van der Waals surface area contributed by atoms with Gasteiger partial charge in [0, 0.05) is 6.08 Å². The number of benzene rings is 1. The summed E-state index contributed by atoms with van der Waals surface area (Å²) in [6.45, 7) is 4.10. The summed E-state index contributed by atoms with van der Waals surface area (Å²) in [7, 11) is 0. The SMILES string of the molecule is CC(C)[C@H](NC(=O)/C=C/c1ccco1)c1nc2ccccc2[nH]1. The van der Waals surface area contributed by atoms with Crippen LogP contribution in [0.5, 0.6) is 0 Å². The molecule has 0 spiro atoms. The van der Waals surface area contributed by atoms with Crippen molar-refractivity contribution in [3.8, 4) is 0 Å². The molecule has 0 saturated heterocycles. The molecule has 0 fully saturated rings. The number of para-hydroxylation sites is 2. The molecule has 2 N–H and O–H groups in total. The molecule has 0 aliphatic heterocycles. The summed E-state index contributed by atoms with van der Waals surface area (Å²) in [6.07, 6.45) is 4.69. The minimum atomic E-state index is -0.184. The Morgan fingerprint density at radius 3 is 2.78 bits per heavy atom. The molecule has 0 saturated carbocycles. The van der Waals surface area contributed by atoms with Crippen LogP contribution in [0.3, 0.4) is 0 Å². The summed E-state index contributed by atoms with van der Waals surface area (Å²) >= 11 is 0. The highest BCUT2D eigenvalue weighted by Gasteiger charge is 2.20. The lowest BCUT2D eigenvalue weighted by atomic mass is 10.0. The lowest BCUT2D eigenvalue weighted by Crippen LogP contribution is -2.31. The van der Waals surface area contributed by atoms with E-state index in [1.54, 1.807) is 24.5 Å². The molecule has 0 radical (unpaired) electrons. The Bertz CT molecular complexity index is 783. The van der Waals surface area contributed by atoms with Crippen LogP contribution in [0.4, 0.5) is 0 Å². The number of furan rings is 1. The normalized spacial score (nSPS) is 13.0. The van der Waals surface area contributed by atoms with Crippen LogP contribution in [0.15, 0.2) is 53.2 Å². The second-order valence-corrected chi connectivity index (χ2v) is 5.72. The summed E-state index contributed by atoms with van der Waals surface area (Å²) in [6, 6.07) is 11.2. The molecule has 2 aromatic heterocycles. The zero-order valence-corrected chi connectivity index (χ0v) is 13.1. The summed E-state index contributed by atoms with van der Waals surface area (Å²) in [5, 5.41) is 2.99. The molecule has 118 valence electrons. The Morgan fingerprint density at radius 2 is 2.09 bits per heavy atom. The van der Waals surface area contributed by atoms with Gasteiger partial charge in [0.1, 0.15) is 11.6 Å². The first-order valence-corrected chi connectivity index (χ1v) is 7.60. The molecule has 5 nitrogen and oxygen atoms in total. The molecule has 5 heteroatoms. The smallest absolute Gasteiger partial charge is 0.244 e. The first-order chi connectivity index (χ1) is 11.1. The maximum atomic E-state index is 12.2. The van der Waals surface area contributed by atoms with Crippen molar-refractivity contribution < 1.29 is 9.21 Å². The van der Waals surface area contributed by atoms with Crippen molar-refractivity contribution in [1.29, 1.82) is 0 Å². The number of imidazole rings is 1. The molecular formula is C18H19N3O2. The number of hydrogen-bond acceptors (Lipinski definition) is 3. The van der Waals surface area contributed by atoms with E-state index in [9.17, 15) is 4.79 Å². The number of carbonyl (C=O) groups is 1. The highest BCUT2D eigenvalue weighted by Crippen LogP contribution is 2.22. The average molecular weight is 309 g/mol. The van der Waals surface area contributed by atoms with Crippen LogP contribution in [-0.2, 0) is 4.79 Å². The Labute approximate surface area is 134 Å². The Balaban J connectivity index is 1.77. The molecule has 3 aromatic rings. The van der Waals surface area contributed by atoms with E-state index in [0.29, 0.717) is 5.76 Å². The molecule has 0 aliphatic carbocycles. The molecule has 0 bridgehead atoms. The van der Waals surface area contributed by atoms with Gasteiger partial charge in [-0.3, -0.25) is 4.79 Å². The third-order valence-corrected chi connectivity index (χ3v) is 3.61. The number of hydrogen-bond donors (Lipinski definition) is 2. The van der Waals surface area contributed by atoms with Gasteiger partial charge in [0.2, 0.25) is 5.91 Å². The minimum absolute atomic E-state index is 0.180. The van der Waals surface area contributed by atoms with Crippen molar-refractivity contribution in [2.45, 2.75) is 19.9 Å². The molecule has 1 atom stereocenters. The highest BCUT2D eigenvalue weighted by atomic mass is 16.3. The van der Waals surface area contributed by atoms with Gasteiger partial charge in [-0.25, -0.2) is 4.98 Å². The van der Waals surface area contributed by atoms with Gasteiger partial charge in [0.15, 0.2) is 0 Å². The zero-order valence-electron chi connectivity index (χ0n) is 13.1. The molecule has 1 amide bonds. The van der Waals surface area contributed by atoms with Crippen molar-refractivity contribution in [2.24, 2.45) is 5.92 Å². The lowest BCUT2D eigenvalue weighted by molar-refractivity contribution is -0.117. The van der Waals surface area contributed by atoms with Crippen molar-refractivity contribution in [3.63, 3.8) is 0 Å². The van der Waals surface area contributed by atoms with E-state index in [0.717, 1.165) is 16.9 Å². The van der Waals surface area contributed by atoms with Gasteiger partial charge in [-0.15, -0.1) is 0 Å². The molecule has 2 heterocycles. The minimum Gasteiger partial charge on any atom is -0.465 e. The summed E-state index contributed by atoms with van der Waals surface area (Å²) in [5.74, 6) is 1.43. The van der Waals surface area contributed by atoms with E-state index in [2.05, 4.69) is 15.3 Å². The van der Waals surface area contributed by atoms with E-state index in [4.69, 9.17) is 4.42 Å². The van der Waals surface area contributed by atoms with E-state index in [1.165, 1.54) is 6.08 Å². The van der Waals surface area contributed by atoms with Gasteiger partial charge < -0.3 is 14.7 Å². The predicted molar refractivity (Wildman–Crippen MR) is 89.6 cm³/mol. The quantitative estimate of drug-likeness (QED) is 0.706. The highest BCUT2D eigenvalue weighted by molar-refractivity contribution is 5.91. The monoisotopic (exact) mass is 309 g/mol. The van der Waals surface area contributed by atoms with Gasteiger partial charge in [0.25, 0.3) is 0 Å². The Kier molecular flexibility index (Phi) is 4.28. The topological polar surface area (TPSA) is 70.9 Å². The molecule has 23 heavy (non-hydrogen) atoms. The lowest BCUT2D eigenvalue weighted by Gasteiger charge is -2.19. The predicted octanol–water partition coefficient (Wildman–Crippen LogP) is 3.68. The summed E-state index contributed by atoms with van der Waals surface area (Å²) in [4.78, 5) is 20.0. The van der Waals surface area contributed by atoms with Crippen LogP contribution in [0.1, 0.15) is 31.5 Å². The fraction of sp³-hybridized carbons (Fsp3) is 0.222. The van der Waals surface area contributed by atoms with Gasteiger partial charge >= 0.3 is 0 Å². The van der Waals surface area contributed by atoms with Crippen LogP contribution in [-0.4, -0.2) is 15.9 Å². The van der Waals surface area contributed by atoms with Gasteiger partial charge in [-0.1, -0.05) is 26.0 Å². The van der Waals surface area contributed by atoms with Crippen LogP contribution in [0.25, 0.3) is 17.1 Å². The van der Waals surface area contributed by atoms with E-state index in [1.807, 2.05) is 38.1 Å². The number of H-pyrrole nitrogens is 1. The van der Waals surface area contributed by atoms with Crippen molar-refractivity contribution in [1.82, 2.24) is 15.3 Å². The number of aromatic nitrogens is 2. The maximum Gasteiger partial charge on any atom is 0.244 e. The first kappa shape index (κ1) is 15.1. The van der Waals surface area contributed by atoms with Gasteiger partial charge in [-0.05, 0) is 36.3 Å². The van der Waals surface area contributed by atoms with Crippen LogP contribution >= 0.6 is 0 Å². The third kappa shape index (κ3) is 3.51. The zero-order chi connectivity index (χ0) is 16.2. The van der Waals surface area contributed by atoms with Gasteiger partial charge in [-0.2, -0.15) is 0 Å². The van der Waals surface area contributed by atoms with Crippen LogP contribution in [0.2, 0.25) is 0 Å². The first-order valence-electron chi connectivity index (χ1n) is 7.60. The standard InChI is InChI=1S/C18H19N3O2/c1-12(2)17(18-19-14-7-3-4-8-15(14)20-18)21-16(22)10-9-13-6-5-11-23-13/h3-12,17H,1-2H3,(H,19,20)(H,21,22)/b10-9+/t17-/m0/s1. The third-order valence-electron chi connectivity index (χ3n) is 3.61. The average Bonchev–Trinajstić information content (AvgIpc) is 3.19. The number of carbonyl (C=O) groups excluding carboxylic acids is 1. The molecule has 1 aromatic carbocycles. The fourth-order valence-electron chi connectivity index (χ4n) is 2.42. The van der Waals surface area contributed by atoms with Crippen LogP contribution in [0, 0.1) is 5.92 Å². The largest absolute Gasteiger partial charge is 0.465 e. The number of nitrogens with zero attached hydrogens (tertiary/aromatic N) is 1. The Hall–Kier alpha value is -2.82. The van der Waals surface area contributed by atoms with Crippen molar-refractivity contribution in [3.05, 3.63) is 60.3 Å². The number of rotatable bonds is 5. The number of amides is 1. The van der Waals surface area contributed by atoms with Gasteiger partial charge in [0.05, 0.1) is 23.3 Å². The molecule has 0 unspecified atom stereocenters. The second kappa shape index (κ2) is 6.52. The summed E-state index contributed by atoms with van der Waals surface area (Å²) < 4.78 is 5.18. The van der Waals surface area contributed by atoms with Crippen molar-refractivity contribution >= 4 is 23.0 Å². The van der Waals surface area contributed by atoms with Crippen LogP contribution < -0.4 is 5.32 Å². The van der Waals surface area contributed by atoms with E-state index >= 15 is 0 Å². The fourth-order valence-corrected chi connectivity index (χ4v) is 2.42. The van der Waals surface area contributed by atoms with E-state index in [-0.39, 0.29) is 17.9 Å². The molecular weight excluding hydrogens is 290 g/mol. The second-order valence-electron chi connectivity index (χ2n) is 5.72. The molecule has 3 rings (SSSR count). The van der Waals surface area contributed by atoms with E-state index < -0.39 is 0 Å². The van der Waals surface area contributed by atoms with Crippen molar-refractivity contribution in [2.75, 3.05) is 0 Å². The number of fused-ring (bicyclic) bond motifs is 1. The number of nitrogens with one attached hydrogen (secondary N) is 2. The summed E-state index contributed by atoms with van der Waals surface area (Å²) in [5.41, 5.74) is 1.86. The number of aromatic amines is 1. The Morgan fingerprint density at radius 1 is 1.26 bits per heavy atom.